The quantitative estimate of drug-likeness (QED) is 0.443. The average molecular weight is 251 g/mol. The SMILES string of the molecule is Br.NN/C1=N\CCCCCCCN1. The molecule has 4 N–H and O–H groups in total. The fourth-order valence-corrected chi connectivity index (χ4v) is 1.32. The molecule has 0 aromatic carbocycles. The molecular formula is C8H19BrN4. The molecule has 0 fully saturated rings. The number of guanidine groups is 1. The van der Waals surface area contributed by atoms with E-state index in [0.29, 0.717) is 0 Å². The summed E-state index contributed by atoms with van der Waals surface area (Å²) in [6, 6.07) is 0. The van der Waals surface area contributed by atoms with Gasteiger partial charge in [-0.25, -0.2) is 5.84 Å². The van der Waals surface area contributed by atoms with E-state index in [1.54, 1.807) is 0 Å². The molecule has 1 aliphatic rings. The van der Waals surface area contributed by atoms with Gasteiger partial charge in [-0.3, -0.25) is 10.4 Å². The van der Waals surface area contributed by atoms with Gasteiger partial charge in [-0.1, -0.05) is 19.3 Å². The van der Waals surface area contributed by atoms with Crippen LogP contribution >= 0.6 is 17.0 Å². The summed E-state index contributed by atoms with van der Waals surface area (Å²) in [6.07, 6.45) is 6.32. The highest BCUT2D eigenvalue weighted by Crippen LogP contribution is 2.03. The van der Waals surface area contributed by atoms with Crippen LogP contribution in [0.2, 0.25) is 0 Å². The number of nitrogens with two attached hydrogens (primary N) is 1. The second kappa shape index (κ2) is 8.31. The maximum absolute atomic E-state index is 5.27. The first-order valence-corrected chi connectivity index (χ1v) is 4.68. The average Bonchev–Trinajstić information content (AvgIpc) is 2.14. The van der Waals surface area contributed by atoms with Crippen molar-refractivity contribution in [3.63, 3.8) is 0 Å². The molecule has 0 saturated carbocycles. The minimum absolute atomic E-state index is 0. The first kappa shape index (κ1) is 12.7. The van der Waals surface area contributed by atoms with Crippen LogP contribution in [0, 0.1) is 0 Å². The first-order valence-electron chi connectivity index (χ1n) is 4.68. The predicted octanol–water partition coefficient (Wildman–Crippen LogP) is 0.937. The molecule has 0 aliphatic carbocycles. The van der Waals surface area contributed by atoms with E-state index in [9.17, 15) is 0 Å². The van der Waals surface area contributed by atoms with Crippen LogP contribution < -0.4 is 16.6 Å². The van der Waals surface area contributed by atoms with Crippen LogP contribution in [0.4, 0.5) is 0 Å². The summed E-state index contributed by atoms with van der Waals surface area (Å²) in [4.78, 5) is 4.27. The number of hydrazine groups is 1. The Morgan fingerprint density at radius 1 is 1.15 bits per heavy atom. The van der Waals surface area contributed by atoms with E-state index in [2.05, 4.69) is 15.7 Å². The number of hydrogen-bond donors (Lipinski definition) is 3. The Hall–Kier alpha value is -0.290. The van der Waals surface area contributed by atoms with Crippen LogP contribution in [0.25, 0.3) is 0 Å². The maximum atomic E-state index is 5.27. The van der Waals surface area contributed by atoms with E-state index in [4.69, 9.17) is 5.84 Å². The molecule has 13 heavy (non-hydrogen) atoms. The second-order valence-electron chi connectivity index (χ2n) is 3.07. The van der Waals surface area contributed by atoms with Gasteiger partial charge in [0.1, 0.15) is 0 Å². The van der Waals surface area contributed by atoms with Crippen molar-refractivity contribution in [2.24, 2.45) is 10.8 Å². The Bertz CT molecular complexity index is 149. The molecule has 5 heteroatoms. The molecule has 0 atom stereocenters. The number of nitrogens with zero attached hydrogens (tertiary/aromatic N) is 1. The fourth-order valence-electron chi connectivity index (χ4n) is 1.32. The second-order valence-corrected chi connectivity index (χ2v) is 3.07. The monoisotopic (exact) mass is 250 g/mol. The molecular weight excluding hydrogens is 232 g/mol. The standard InChI is InChI=1S/C8H18N4.BrH/c9-12-8-10-6-4-2-1-3-5-7-11-8;/h1-7,9H2,(H2,10,11,12);1H. The number of hydrogen-bond acceptors (Lipinski definition) is 4. The summed E-state index contributed by atoms with van der Waals surface area (Å²) < 4.78 is 0. The van der Waals surface area contributed by atoms with Crippen molar-refractivity contribution in [1.29, 1.82) is 0 Å². The lowest BCUT2D eigenvalue weighted by Crippen LogP contribution is -2.42. The van der Waals surface area contributed by atoms with E-state index < -0.39 is 0 Å². The molecule has 1 rings (SSSR count). The van der Waals surface area contributed by atoms with Crippen molar-refractivity contribution in [3.8, 4) is 0 Å². The number of nitrogens with one attached hydrogen (secondary N) is 2. The summed E-state index contributed by atoms with van der Waals surface area (Å²) in [5, 5.41) is 3.15. The molecule has 0 amide bonds. The molecule has 0 spiro atoms. The molecule has 78 valence electrons. The van der Waals surface area contributed by atoms with E-state index >= 15 is 0 Å². The lowest BCUT2D eigenvalue weighted by atomic mass is 10.1. The molecule has 0 saturated heterocycles. The minimum Gasteiger partial charge on any atom is -0.355 e. The van der Waals surface area contributed by atoms with Gasteiger partial charge in [0.15, 0.2) is 0 Å². The molecule has 4 nitrogen and oxygen atoms in total. The molecule has 1 aliphatic heterocycles. The zero-order valence-electron chi connectivity index (χ0n) is 7.88. The molecule has 0 unspecified atom stereocenters. The topological polar surface area (TPSA) is 62.4 Å². The lowest BCUT2D eigenvalue weighted by Gasteiger charge is -2.10. The zero-order valence-corrected chi connectivity index (χ0v) is 9.60. The highest BCUT2D eigenvalue weighted by molar-refractivity contribution is 8.93. The Balaban J connectivity index is 0.00000144. The van der Waals surface area contributed by atoms with Crippen LogP contribution in [-0.2, 0) is 0 Å². The highest BCUT2D eigenvalue weighted by Gasteiger charge is 1.97. The van der Waals surface area contributed by atoms with Gasteiger partial charge in [-0.15, -0.1) is 17.0 Å². The lowest BCUT2D eigenvalue weighted by molar-refractivity contribution is 0.597. The Morgan fingerprint density at radius 2 is 1.85 bits per heavy atom. The van der Waals surface area contributed by atoms with Crippen LogP contribution in [0.15, 0.2) is 4.99 Å². The van der Waals surface area contributed by atoms with Crippen molar-refractivity contribution in [2.75, 3.05) is 13.1 Å². The highest BCUT2D eigenvalue weighted by atomic mass is 79.9. The zero-order chi connectivity index (χ0) is 8.65. The summed E-state index contributed by atoms with van der Waals surface area (Å²) in [5.74, 6) is 6.00. The summed E-state index contributed by atoms with van der Waals surface area (Å²) in [6.45, 7) is 1.86. The van der Waals surface area contributed by atoms with Crippen molar-refractivity contribution >= 4 is 22.9 Å². The van der Waals surface area contributed by atoms with E-state index in [-0.39, 0.29) is 17.0 Å². The Labute approximate surface area is 90.1 Å². The Kier molecular flexibility index (Phi) is 8.13. The third kappa shape index (κ3) is 5.87. The molecule has 0 radical (unpaired) electrons. The van der Waals surface area contributed by atoms with Crippen molar-refractivity contribution < 1.29 is 0 Å². The van der Waals surface area contributed by atoms with Gasteiger partial charge >= 0.3 is 0 Å². The predicted molar refractivity (Wildman–Crippen MR) is 61.0 cm³/mol. The van der Waals surface area contributed by atoms with Gasteiger partial charge < -0.3 is 5.32 Å². The minimum atomic E-state index is 0. The third-order valence-corrected chi connectivity index (χ3v) is 2.03. The molecule has 0 aromatic rings. The molecule has 0 aromatic heterocycles. The number of aliphatic imine (C=N–C) groups is 1. The van der Waals surface area contributed by atoms with E-state index in [0.717, 1.165) is 19.0 Å². The maximum Gasteiger partial charge on any atom is 0.205 e. The van der Waals surface area contributed by atoms with E-state index in [1.807, 2.05) is 0 Å². The summed E-state index contributed by atoms with van der Waals surface area (Å²) in [5.41, 5.74) is 2.56. The van der Waals surface area contributed by atoms with Crippen LogP contribution in [0.5, 0.6) is 0 Å². The van der Waals surface area contributed by atoms with Gasteiger partial charge in [0.05, 0.1) is 0 Å². The van der Waals surface area contributed by atoms with Gasteiger partial charge in [-0.05, 0) is 12.8 Å². The van der Waals surface area contributed by atoms with E-state index in [1.165, 1.54) is 32.1 Å². The largest absolute Gasteiger partial charge is 0.355 e. The normalized spacial score (nSPS) is 23.0. The van der Waals surface area contributed by atoms with Crippen LogP contribution in [0.3, 0.4) is 0 Å². The number of rotatable bonds is 0. The number of halogens is 1. The van der Waals surface area contributed by atoms with Gasteiger partial charge in [-0.2, -0.15) is 0 Å². The van der Waals surface area contributed by atoms with Crippen LogP contribution in [0.1, 0.15) is 32.1 Å². The van der Waals surface area contributed by atoms with Crippen molar-refractivity contribution in [3.05, 3.63) is 0 Å². The summed E-state index contributed by atoms with van der Waals surface area (Å²) >= 11 is 0. The van der Waals surface area contributed by atoms with Gasteiger partial charge in [0, 0.05) is 13.1 Å². The third-order valence-electron chi connectivity index (χ3n) is 2.03. The first-order chi connectivity index (χ1) is 5.93. The summed E-state index contributed by atoms with van der Waals surface area (Å²) in [7, 11) is 0. The fraction of sp³-hybridized carbons (Fsp3) is 0.875. The molecule has 0 bridgehead atoms. The van der Waals surface area contributed by atoms with Crippen molar-refractivity contribution in [2.45, 2.75) is 32.1 Å². The van der Waals surface area contributed by atoms with Crippen LogP contribution in [-0.4, -0.2) is 19.0 Å². The smallest absolute Gasteiger partial charge is 0.205 e. The van der Waals surface area contributed by atoms with Crippen molar-refractivity contribution in [1.82, 2.24) is 10.7 Å². The molecule has 1 heterocycles. The van der Waals surface area contributed by atoms with Gasteiger partial charge in [0.25, 0.3) is 0 Å². The Morgan fingerprint density at radius 3 is 2.62 bits per heavy atom. The van der Waals surface area contributed by atoms with Gasteiger partial charge in [0.2, 0.25) is 5.96 Å².